The zero-order valence-electron chi connectivity index (χ0n) is 10.4. The first-order valence-electron chi connectivity index (χ1n) is 5.41. The molecule has 0 aliphatic carbocycles. The van der Waals surface area contributed by atoms with Crippen LogP contribution in [0.4, 0.5) is 19.0 Å². The fourth-order valence-electron chi connectivity index (χ4n) is 1.11. The molecule has 1 atom stereocenters. The van der Waals surface area contributed by atoms with Crippen LogP contribution in [-0.4, -0.2) is 11.0 Å². The third-order valence-electron chi connectivity index (χ3n) is 2.70. The minimum absolute atomic E-state index is 0.0264. The SMILES string of the molecule is CC(Nc1cccc(C(F)(F)F)n1)C(C)(C)C. The summed E-state index contributed by atoms with van der Waals surface area (Å²) in [6.45, 7) is 7.96. The number of rotatable bonds is 2. The quantitative estimate of drug-likeness (QED) is 0.854. The fraction of sp³-hybridized carbons (Fsp3) is 0.583. The highest BCUT2D eigenvalue weighted by atomic mass is 19.4. The molecule has 17 heavy (non-hydrogen) atoms. The Morgan fingerprint density at radius 3 is 2.24 bits per heavy atom. The van der Waals surface area contributed by atoms with Crippen molar-refractivity contribution in [2.24, 2.45) is 5.41 Å². The predicted molar refractivity (Wildman–Crippen MR) is 61.8 cm³/mol. The molecule has 0 amide bonds. The van der Waals surface area contributed by atoms with Crippen molar-refractivity contribution in [3.63, 3.8) is 0 Å². The number of nitrogens with one attached hydrogen (secondary N) is 1. The van der Waals surface area contributed by atoms with Crippen LogP contribution in [0.5, 0.6) is 0 Å². The molecule has 1 rings (SSSR count). The van der Waals surface area contributed by atoms with Gasteiger partial charge in [-0.25, -0.2) is 4.98 Å². The highest BCUT2D eigenvalue weighted by Crippen LogP contribution is 2.29. The van der Waals surface area contributed by atoms with E-state index in [0.29, 0.717) is 0 Å². The number of aromatic nitrogens is 1. The molecule has 1 aromatic heterocycles. The van der Waals surface area contributed by atoms with E-state index in [1.807, 2.05) is 27.7 Å². The normalized spacial score (nSPS) is 14.5. The Bertz CT molecular complexity index is 380. The monoisotopic (exact) mass is 246 g/mol. The van der Waals surface area contributed by atoms with Crippen LogP contribution in [0, 0.1) is 5.41 Å². The summed E-state index contributed by atoms with van der Waals surface area (Å²) < 4.78 is 37.3. The summed E-state index contributed by atoms with van der Waals surface area (Å²) >= 11 is 0. The maximum Gasteiger partial charge on any atom is 0.433 e. The lowest BCUT2D eigenvalue weighted by Gasteiger charge is -2.28. The number of hydrogen-bond acceptors (Lipinski definition) is 2. The third-order valence-corrected chi connectivity index (χ3v) is 2.70. The minimum atomic E-state index is -4.40. The van der Waals surface area contributed by atoms with Crippen LogP contribution in [-0.2, 0) is 6.18 Å². The molecule has 5 heteroatoms. The first-order chi connectivity index (χ1) is 7.60. The van der Waals surface area contributed by atoms with Gasteiger partial charge in [-0.05, 0) is 24.5 Å². The Kier molecular flexibility index (Phi) is 3.69. The molecule has 0 bridgehead atoms. The highest BCUT2D eigenvalue weighted by molar-refractivity contribution is 5.37. The summed E-state index contributed by atoms with van der Waals surface area (Å²) in [5.41, 5.74) is -0.917. The van der Waals surface area contributed by atoms with Gasteiger partial charge in [-0.3, -0.25) is 0 Å². The lowest BCUT2D eigenvalue weighted by molar-refractivity contribution is -0.141. The van der Waals surface area contributed by atoms with E-state index < -0.39 is 11.9 Å². The lowest BCUT2D eigenvalue weighted by atomic mass is 9.88. The molecule has 0 fully saturated rings. The second-order valence-electron chi connectivity index (χ2n) is 5.14. The van der Waals surface area contributed by atoms with Crippen LogP contribution in [0.1, 0.15) is 33.4 Å². The smallest absolute Gasteiger partial charge is 0.367 e. The van der Waals surface area contributed by atoms with Crippen molar-refractivity contribution in [3.8, 4) is 0 Å². The molecule has 1 N–H and O–H groups in total. The van der Waals surface area contributed by atoms with Crippen LogP contribution in [0.3, 0.4) is 0 Å². The van der Waals surface area contributed by atoms with Gasteiger partial charge in [0.2, 0.25) is 0 Å². The van der Waals surface area contributed by atoms with Gasteiger partial charge < -0.3 is 5.32 Å². The van der Waals surface area contributed by atoms with Crippen LogP contribution in [0.25, 0.3) is 0 Å². The van der Waals surface area contributed by atoms with Gasteiger partial charge >= 0.3 is 6.18 Å². The Balaban J connectivity index is 2.87. The Morgan fingerprint density at radius 1 is 1.18 bits per heavy atom. The van der Waals surface area contributed by atoms with Gasteiger partial charge in [0.05, 0.1) is 0 Å². The van der Waals surface area contributed by atoms with E-state index in [0.717, 1.165) is 6.07 Å². The fourth-order valence-corrected chi connectivity index (χ4v) is 1.11. The molecular weight excluding hydrogens is 229 g/mol. The molecule has 0 spiro atoms. The maximum atomic E-state index is 12.4. The molecule has 96 valence electrons. The molecule has 0 saturated carbocycles. The molecule has 1 unspecified atom stereocenters. The van der Waals surface area contributed by atoms with Crippen molar-refractivity contribution in [1.29, 1.82) is 0 Å². The topological polar surface area (TPSA) is 24.9 Å². The zero-order valence-corrected chi connectivity index (χ0v) is 10.4. The largest absolute Gasteiger partial charge is 0.433 e. The number of alkyl halides is 3. The van der Waals surface area contributed by atoms with Crippen molar-refractivity contribution in [3.05, 3.63) is 23.9 Å². The second-order valence-corrected chi connectivity index (χ2v) is 5.14. The van der Waals surface area contributed by atoms with E-state index in [9.17, 15) is 13.2 Å². The van der Waals surface area contributed by atoms with Crippen LogP contribution < -0.4 is 5.32 Å². The molecule has 0 radical (unpaired) electrons. The van der Waals surface area contributed by atoms with Gasteiger partial charge in [0.1, 0.15) is 11.5 Å². The van der Waals surface area contributed by atoms with E-state index in [2.05, 4.69) is 10.3 Å². The molecule has 2 nitrogen and oxygen atoms in total. The van der Waals surface area contributed by atoms with Crippen molar-refractivity contribution in [2.75, 3.05) is 5.32 Å². The van der Waals surface area contributed by atoms with Gasteiger partial charge in [-0.15, -0.1) is 0 Å². The Hall–Kier alpha value is -1.26. The van der Waals surface area contributed by atoms with Crippen molar-refractivity contribution >= 4 is 5.82 Å². The second kappa shape index (κ2) is 4.55. The molecule has 0 aliphatic rings. The van der Waals surface area contributed by atoms with Gasteiger partial charge in [0, 0.05) is 6.04 Å². The van der Waals surface area contributed by atoms with Gasteiger partial charge in [0.25, 0.3) is 0 Å². The average molecular weight is 246 g/mol. The average Bonchev–Trinajstić information content (AvgIpc) is 2.15. The van der Waals surface area contributed by atoms with Crippen molar-refractivity contribution in [1.82, 2.24) is 4.98 Å². The van der Waals surface area contributed by atoms with Crippen molar-refractivity contribution < 1.29 is 13.2 Å². The summed E-state index contributed by atoms with van der Waals surface area (Å²) in [6.07, 6.45) is -4.40. The predicted octanol–water partition coefficient (Wildman–Crippen LogP) is 3.95. The van der Waals surface area contributed by atoms with Crippen molar-refractivity contribution in [2.45, 2.75) is 39.9 Å². The first-order valence-corrected chi connectivity index (χ1v) is 5.41. The number of pyridine rings is 1. The standard InChI is InChI=1S/C12H17F3N2/c1-8(11(2,3)4)16-10-7-5-6-9(17-10)12(13,14)15/h5-8H,1-4H3,(H,16,17). The maximum absolute atomic E-state index is 12.4. The first kappa shape index (κ1) is 13.8. The summed E-state index contributed by atoms with van der Waals surface area (Å²) in [5.74, 6) is 0.252. The Morgan fingerprint density at radius 2 is 1.76 bits per heavy atom. The summed E-state index contributed by atoms with van der Waals surface area (Å²) in [5, 5.41) is 2.98. The van der Waals surface area contributed by atoms with E-state index in [4.69, 9.17) is 0 Å². The van der Waals surface area contributed by atoms with E-state index in [-0.39, 0.29) is 17.3 Å². The van der Waals surface area contributed by atoms with Crippen LogP contribution in [0.2, 0.25) is 0 Å². The van der Waals surface area contributed by atoms with Gasteiger partial charge in [0.15, 0.2) is 0 Å². The molecule has 0 aliphatic heterocycles. The summed E-state index contributed by atoms with van der Waals surface area (Å²) in [7, 11) is 0. The number of anilines is 1. The number of hydrogen-bond donors (Lipinski definition) is 1. The van der Waals surface area contributed by atoms with Crippen LogP contribution >= 0.6 is 0 Å². The lowest BCUT2D eigenvalue weighted by Crippen LogP contribution is -2.31. The third kappa shape index (κ3) is 3.91. The summed E-state index contributed by atoms with van der Waals surface area (Å²) in [4.78, 5) is 3.56. The number of nitrogens with zero attached hydrogens (tertiary/aromatic N) is 1. The van der Waals surface area contributed by atoms with E-state index >= 15 is 0 Å². The molecule has 1 aromatic rings. The van der Waals surface area contributed by atoms with Gasteiger partial charge in [-0.2, -0.15) is 13.2 Å². The van der Waals surface area contributed by atoms with Crippen LogP contribution in [0.15, 0.2) is 18.2 Å². The number of halogens is 3. The molecular formula is C12H17F3N2. The van der Waals surface area contributed by atoms with E-state index in [1.165, 1.54) is 12.1 Å². The Labute approximate surface area is 99.3 Å². The zero-order chi connectivity index (χ0) is 13.3. The highest BCUT2D eigenvalue weighted by Gasteiger charge is 2.32. The summed E-state index contributed by atoms with van der Waals surface area (Å²) in [6, 6.07) is 3.89. The van der Waals surface area contributed by atoms with E-state index in [1.54, 1.807) is 0 Å². The molecule has 1 heterocycles. The molecule has 0 saturated heterocycles. The minimum Gasteiger partial charge on any atom is -0.367 e. The van der Waals surface area contributed by atoms with Gasteiger partial charge in [-0.1, -0.05) is 26.8 Å². The molecule has 0 aromatic carbocycles.